The molecule has 1 aromatic rings. The molecule has 0 saturated heterocycles. The number of nitrogens with zero attached hydrogens (tertiary/aromatic N) is 1. The maximum absolute atomic E-state index is 9.96. The molecule has 1 aliphatic rings. The lowest BCUT2D eigenvalue weighted by Crippen LogP contribution is -2.24. The highest BCUT2D eigenvalue weighted by Crippen LogP contribution is 2.39. The highest BCUT2D eigenvalue weighted by molar-refractivity contribution is 5.67. The molecule has 0 amide bonds. The van der Waals surface area contributed by atoms with Crippen LogP contribution in [0.25, 0.3) is 5.57 Å². The minimum absolute atomic E-state index is 0.123. The number of rotatable bonds is 3. The molecule has 19 heavy (non-hydrogen) atoms. The largest absolute Gasteiger partial charge is 0.489 e. The normalized spacial score (nSPS) is 22.2. The number of aliphatic hydroxyl groups is 1. The summed E-state index contributed by atoms with van der Waals surface area (Å²) >= 11 is 0. The monoisotopic (exact) mass is 261 g/mol. The number of ether oxygens (including phenoxy) is 1. The van der Waals surface area contributed by atoms with E-state index >= 15 is 0 Å². The molecule has 0 fully saturated rings. The third-order valence-corrected chi connectivity index (χ3v) is 3.28. The fourth-order valence-electron chi connectivity index (χ4n) is 2.63. The number of hydrogen-bond acceptors (Lipinski definition) is 3. The minimum atomic E-state index is -0.367. The Kier molecular flexibility index (Phi) is 3.95. The van der Waals surface area contributed by atoms with Crippen molar-refractivity contribution in [3.05, 3.63) is 30.1 Å². The van der Waals surface area contributed by atoms with Crippen LogP contribution in [0.3, 0.4) is 0 Å². The van der Waals surface area contributed by atoms with Crippen LogP contribution in [0.4, 0.5) is 0 Å². The smallest absolute Gasteiger partial charge is 0.138 e. The molecule has 0 spiro atoms. The molecule has 1 heterocycles. The van der Waals surface area contributed by atoms with Crippen molar-refractivity contribution in [3.8, 4) is 5.75 Å². The van der Waals surface area contributed by atoms with Crippen molar-refractivity contribution in [3.63, 3.8) is 0 Å². The SMILES string of the molecule is CC(C)Oc1cncc(C2=CC(O)CC(C)(C)C2)c1. The summed E-state index contributed by atoms with van der Waals surface area (Å²) in [6.45, 7) is 8.37. The van der Waals surface area contributed by atoms with Crippen LogP contribution < -0.4 is 4.74 Å². The summed E-state index contributed by atoms with van der Waals surface area (Å²) in [5.74, 6) is 0.784. The first kappa shape index (κ1) is 14.1. The molecule has 104 valence electrons. The van der Waals surface area contributed by atoms with Gasteiger partial charge in [0.25, 0.3) is 0 Å². The molecule has 1 unspecified atom stereocenters. The fraction of sp³-hybridized carbons (Fsp3) is 0.562. The Balaban J connectivity index is 2.26. The predicted octanol–water partition coefficient (Wildman–Crippen LogP) is 3.43. The van der Waals surface area contributed by atoms with Gasteiger partial charge >= 0.3 is 0 Å². The Bertz CT molecular complexity index is 477. The van der Waals surface area contributed by atoms with Crippen LogP contribution in [0.2, 0.25) is 0 Å². The molecule has 2 rings (SSSR count). The maximum Gasteiger partial charge on any atom is 0.138 e. The molecule has 0 radical (unpaired) electrons. The molecule has 3 heteroatoms. The van der Waals surface area contributed by atoms with Gasteiger partial charge in [-0.3, -0.25) is 4.98 Å². The van der Waals surface area contributed by atoms with Crippen molar-refractivity contribution >= 4 is 5.57 Å². The van der Waals surface area contributed by atoms with Crippen LogP contribution in [0.5, 0.6) is 5.75 Å². The van der Waals surface area contributed by atoms with Gasteiger partial charge in [0.05, 0.1) is 18.4 Å². The van der Waals surface area contributed by atoms with Crippen molar-refractivity contribution in [2.75, 3.05) is 0 Å². The van der Waals surface area contributed by atoms with Crippen molar-refractivity contribution in [2.24, 2.45) is 5.41 Å². The van der Waals surface area contributed by atoms with Crippen LogP contribution >= 0.6 is 0 Å². The minimum Gasteiger partial charge on any atom is -0.489 e. The van der Waals surface area contributed by atoms with Gasteiger partial charge in [0.1, 0.15) is 5.75 Å². The second kappa shape index (κ2) is 5.33. The number of aliphatic hydroxyl groups excluding tert-OH is 1. The summed E-state index contributed by atoms with van der Waals surface area (Å²) < 4.78 is 5.67. The first-order chi connectivity index (χ1) is 8.85. The Morgan fingerprint density at radius 1 is 1.37 bits per heavy atom. The van der Waals surface area contributed by atoms with E-state index < -0.39 is 0 Å². The van der Waals surface area contributed by atoms with Crippen LogP contribution in [0.15, 0.2) is 24.5 Å². The Morgan fingerprint density at radius 2 is 2.11 bits per heavy atom. The van der Waals surface area contributed by atoms with E-state index in [0.29, 0.717) is 0 Å². The highest BCUT2D eigenvalue weighted by Gasteiger charge is 2.28. The lowest BCUT2D eigenvalue weighted by molar-refractivity contribution is 0.146. The summed E-state index contributed by atoms with van der Waals surface area (Å²) in [5, 5.41) is 9.96. The van der Waals surface area contributed by atoms with Crippen molar-refractivity contribution in [1.29, 1.82) is 0 Å². The second-order valence-electron chi connectivity index (χ2n) is 6.38. The van der Waals surface area contributed by atoms with Crippen LogP contribution in [0, 0.1) is 5.41 Å². The molecule has 1 N–H and O–H groups in total. The summed E-state index contributed by atoms with van der Waals surface area (Å²) in [7, 11) is 0. The lowest BCUT2D eigenvalue weighted by atomic mass is 9.75. The van der Waals surface area contributed by atoms with Crippen molar-refractivity contribution < 1.29 is 9.84 Å². The summed E-state index contributed by atoms with van der Waals surface area (Å²) in [6, 6.07) is 2.01. The van der Waals surface area contributed by atoms with Gasteiger partial charge < -0.3 is 9.84 Å². The fourth-order valence-corrected chi connectivity index (χ4v) is 2.63. The van der Waals surface area contributed by atoms with E-state index in [-0.39, 0.29) is 17.6 Å². The summed E-state index contributed by atoms with van der Waals surface area (Å²) in [5.41, 5.74) is 2.33. The van der Waals surface area contributed by atoms with E-state index in [9.17, 15) is 5.11 Å². The van der Waals surface area contributed by atoms with E-state index in [1.54, 1.807) is 6.20 Å². The zero-order valence-electron chi connectivity index (χ0n) is 12.2. The zero-order valence-corrected chi connectivity index (χ0v) is 12.2. The van der Waals surface area contributed by atoms with Crippen molar-refractivity contribution in [1.82, 2.24) is 4.98 Å². The van der Waals surface area contributed by atoms with E-state index in [4.69, 9.17) is 4.74 Å². The second-order valence-corrected chi connectivity index (χ2v) is 6.38. The zero-order chi connectivity index (χ0) is 14.0. The third-order valence-electron chi connectivity index (χ3n) is 3.28. The Hall–Kier alpha value is -1.35. The maximum atomic E-state index is 9.96. The van der Waals surface area contributed by atoms with Gasteiger partial charge in [-0.1, -0.05) is 19.9 Å². The number of aromatic nitrogens is 1. The molecule has 0 aromatic carbocycles. The average molecular weight is 261 g/mol. The van der Waals surface area contributed by atoms with Gasteiger partial charge in [-0.2, -0.15) is 0 Å². The van der Waals surface area contributed by atoms with Crippen LogP contribution in [-0.2, 0) is 0 Å². The standard InChI is InChI=1S/C16H23NO2/c1-11(2)19-15-6-13(9-17-10-15)12-5-14(18)8-16(3,4)7-12/h5-6,9-11,14,18H,7-8H2,1-4H3. The van der Waals surface area contributed by atoms with Crippen LogP contribution in [-0.4, -0.2) is 22.3 Å². The molecule has 0 saturated carbocycles. The van der Waals surface area contributed by atoms with Gasteiger partial charge in [0, 0.05) is 6.20 Å². The van der Waals surface area contributed by atoms with Crippen LogP contribution in [0.1, 0.15) is 46.1 Å². The third kappa shape index (κ3) is 3.80. The van der Waals surface area contributed by atoms with Gasteiger partial charge in [0.2, 0.25) is 0 Å². The van der Waals surface area contributed by atoms with E-state index in [2.05, 4.69) is 18.8 Å². The van der Waals surface area contributed by atoms with E-state index in [1.165, 1.54) is 0 Å². The molecule has 3 nitrogen and oxygen atoms in total. The lowest BCUT2D eigenvalue weighted by Gasteiger charge is -2.32. The Labute approximate surface area is 115 Å². The number of allylic oxidation sites excluding steroid dienone is 1. The first-order valence-electron chi connectivity index (χ1n) is 6.86. The molecule has 1 aliphatic carbocycles. The first-order valence-corrected chi connectivity index (χ1v) is 6.86. The Morgan fingerprint density at radius 3 is 2.74 bits per heavy atom. The molecule has 1 atom stereocenters. The molecular formula is C16H23NO2. The van der Waals surface area contributed by atoms with Crippen molar-refractivity contribution in [2.45, 2.75) is 52.7 Å². The van der Waals surface area contributed by atoms with Gasteiger partial charge in [-0.05, 0) is 49.3 Å². The van der Waals surface area contributed by atoms with E-state index in [0.717, 1.165) is 29.7 Å². The molecule has 1 aromatic heterocycles. The van der Waals surface area contributed by atoms with Gasteiger partial charge in [-0.25, -0.2) is 0 Å². The number of pyridine rings is 1. The van der Waals surface area contributed by atoms with Gasteiger partial charge in [-0.15, -0.1) is 0 Å². The molecule has 0 aliphatic heterocycles. The van der Waals surface area contributed by atoms with E-state index in [1.807, 2.05) is 32.2 Å². The quantitative estimate of drug-likeness (QED) is 0.906. The van der Waals surface area contributed by atoms with Gasteiger partial charge in [0.15, 0.2) is 0 Å². The summed E-state index contributed by atoms with van der Waals surface area (Å²) in [6.07, 6.45) is 7.05. The molecular weight excluding hydrogens is 238 g/mol. The predicted molar refractivity (Wildman–Crippen MR) is 77.0 cm³/mol. The average Bonchev–Trinajstić information content (AvgIpc) is 2.25. The molecule has 0 bridgehead atoms. The highest BCUT2D eigenvalue weighted by atomic mass is 16.5. The number of hydrogen-bond donors (Lipinski definition) is 1. The topological polar surface area (TPSA) is 42.4 Å². The summed E-state index contributed by atoms with van der Waals surface area (Å²) in [4.78, 5) is 4.24.